The van der Waals surface area contributed by atoms with Gasteiger partial charge in [0.25, 0.3) is 0 Å². The number of nitrogens with zero attached hydrogens (tertiary/aromatic N) is 3. The molecule has 3 aliphatic rings. The molecule has 1 heterocycles. The number of nitrogens with two attached hydrogens (primary N) is 1. The van der Waals surface area contributed by atoms with Gasteiger partial charge in [0.1, 0.15) is 0 Å². The van der Waals surface area contributed by atoms with E-state index in [4.69, 9.17) is 5.84 Å². The summed E-state index contributed by atoms with van der Waals surface area (Å²) < 4.78 is 2.24. The number of thioether (sulfide) groups is 1. The third-order valence-corrected chi connectivity index (χ3v) is 6.88. The highest BCUT2D eigenvalue weighted by molar-refractivity contribution is 7.98. The van der Waals surface area contributed by atoms with Crippen LogP contribution in [0.25, 0.3) is 0 Å². The van der Waals surface area contributed by atoms with E-state index in [0.717, 1.165) is 28.9 Å². The molecule has 1 aromatic rings. The Morgan fingerprint density at radius 3 is 2.77 bits per heavy atom. The average Bonchev–Trinajstić information content (AvgIpc) is 3.19. The molecule has 0 spiro atoms. The van der Waals surface area contributed by atoms with Gasteiger partial charge in [-0.25, -0.2) is 14.2 Å². The van der Waals surface area contributed by atoms with Crippen LogP contribution in [0.3, 0.4) is 0 Å². The van der Waals surface area contributed by atoms with Crippen molar-refractivity contribution in [2.45, 2.75) is 43.8 Å². The zero-order valence-electron chi connectivity index (χ0n) is 12.8. The van der Waals surface area contributed by atoms with Crippen LogP contribution in [0.15, 0.2) is 14.7 Å². The highest BCUT2D eigenvalue weighted by Gasteiger charge is 2.53. The highest BCUT2D eigenvalue weighted by Crippen LogP contribution is 2.61. The lowest BCUT2D eigenvalue weighted by Crippen LogP contribution is -2.47. The van der Waals surface area contributed by atoms with E-state index in [-0.39, 0.29) is 5.16 Å². The van der Waals surface area contributed by atoms with Crippen LogP contribution in [-0.4, -0.2) is 20.5 Å². The summed E-state index contributed by atoms with van der Waals surface area (Å²) in [6, 6.07) is 0. The highest BCUT2D eigenvalue weighted by atomic mass is 32.2. The van der Waals surface area contributed by atoms with Gasteiger partial charge in [0, 0.05) is 6.54 Å². The van der Waals surface area contributed by atoms with Gasteiger partial charge in [-0.2, -0.15) is 9.66 Å². The Hall–Kier alpha value is -1.24. The molecule has 120 valence electrons. The van der Waals surface area contributed by atoms with Gasteiger partial charge < -0.3 is 5.84 Å². The van der Waals surface area contributed by atoms with Crippen molar-refractivity contribution in [3.8, 4) is 0 Å². The maximum Gasteiger partial charge on any atom is 0.354 e. The zero-order valence-corrected chi connectivity index (χ0v) is 13.6. The molecule has 3 fully saturated rings. The van der Waals surface area contributed by atoms with Crippen LogP contribution < -0.4 is 17.2 Å². The lowest BCUT2D eigenvalue weighted by atomic mass is 9.76. The van der Waals surface area contributed by atoms with Gasteiger partial charge in [-0.05, 0) is 61.5 Å². The molecule has 5 atom stereocenters. The van der Waals surface area contributed by atoms with E-state index in [9.17, 15) is 9.59 Å². The fraction of sp³-hybridized carbons (Fsp3) is 0.800. The van der Waals surface area contributed by atoms with Crippen molar-refractivity contribution in [1.29, 1.82) is 0 Å². The van der Waals surface area contributed by atoms with Crippen molar-refractivity contribution in [3.63, 3.8) is 0 Å². The maximum atomic E-state index is 12.3. The van der Waals surface area contributed by atoms with Crippen molar-refractivity contribution >= 4 is 11.8 Å². The molecule has 4 rings (SSSR count). The molecule has 2 N–H and O–H groups in total. The molecule has 6 nitrogen and oxygen atoms in total. The molecule has 0 aromatic carbocycles. The molecule has 0 saturated heterocycles. The predicted octanol–water partition coefficient (Wildman–Crippen LogP) is 0.913. The first kappa shape index (κ1) is 14.4. The summed E-state index contributed by atoms with van der Waals surface area (Å²) in [5, 5.41) is 0.273. The summed E-state index contributed by atoms with van der Waals surface area (Å²) in [6.07, 6.45) is 8.29. The summed E-state index contributed by atoms with van der Waals surface area (Å²) in [7, 11) is 0. The van der Waals surface area contributed by atoms with E-state index < -0.39 is 11.4 Å². The van der Waals surface area contributed by atoms with Gasteiger partial charge in [0.2, 0.25) is 0 Å². The minimum Gasteiger partial charge on any atom is -0.333 e. The number of fused-ring (bicyclic) bond motifs is 5. The lowest BCUT2D eigenvalue weighted by molar-refractivity contribution is 0.169. The largest absolute Gasteiger partial charge is 0.354 e. The molecule has 2 bridgehead atoms. The van der Waals surface area contributed by atoms with Crippen molar-refractivity contribution in [3.05, 3.63) is 21.0 Å². The van der Waals surface area contributed by atoms with Crippen LogP contribution in [0, 0.1) is 29.6 Å². The fourth-order valence-corrected chi connectivity index (χ4v) is 5.89. The first-order chi connectivity index (χ1) is 10.6. The van der Waals surface area contributed by atoms with Crippen molar-refractivity contribution in [2.24, 2.45) is 29.6 Å². The number of aromatic nitrogens is 3. The van der Waals surface area contributed by atoms with Gasteiger partial charge in [-0.3, -0.25) is 0 Å². The van der Waals surface area contributed by atoms with Gasteiger partial charge in [-0.15, -0.1) is 0 Å². The van der Waals surface area contributed by atoms with Gasteiger partial charge in [-0.1, -0.05) is 18.2 Å². The molecule has 0 aliphatic heterocycles. The van der Waals surface area contributed by atoms with E-state index in [2.05, 4.69) is 4.98 Å². The Morgan fingerprint density at radius 1 is 1.23 bits per heavy atom. The Bertz CT molecular complexity index is 712. The molecular formula is C15H22N4O2S. The van der Waals surface area contributed by atoms with E-state index >= 15 is 0 Å². The molecule has 22 heavy (non-hydrogen) atoms. The Morgan fingerprint density at radius 2 is 2.00 bits per heavy atom. The summed E-state index contributed by atoms with van der Waals surface area (Å²) in [5.41, 5.74) is -0.892. The van der Waals surface area contributed by atoms with Crippen LogP contribution in [-0.2, 0) is 6.54 Å². The minimum atomic E-state index is -0.457. The normalized spacial score (nSPS) is 36.0. The molecular weight excluding hydrogens is 300 g/mol. The van der Waals surface area contributed by atoms with Crippen LogP contribution >= 0.6 is 11.8 Å². The lowest BCUT2D eigenvalue weighted by Gasteiger charge is -2.31. The van der Waals surface area contributed by atoms with Crippen LogP contribution in [0.2, 0.25) is 0 Å². The van der Waals surface area contributed by atoms with Crippen molar-refractivity contribution in [2.75, 3.05) is 12.1 Å². The number of nitrogen functional groups attached to an aromatic ring is 1. The monoisotopic (exact) mass is 322 g/mol. The molecule has 0 radical (unpaired) electrons. The third-order valence-electron chi connectivity index (χ3n) is 6.23. The molecule has 0 unspecified atom stereocenters. The fourth-order valence-electron chi connectivity index (χ4n) is 5.44. The molecule has 7 heteroatoms. The van der Waals surface area contributed by atoms with Crippen molar-refractivity contribution in [1.82, 2.24) is 14.2 Å². The number of hydrogen-bond acceptors (Lipinski definition) is 5. The minimum absolute atomic E-state index is 0.273. The molecule has 1 aromatic heterocycles. The predicted molar refractivity (Wildman–Crippen MR) is 85.2 cm³/mol. The van der Waals surface area contributed by atoms with Gasteiger partial charge in [0.05, 0.1) is 0 Å². The van der Waals surface area contributed by atoms with Crippen LogP contribution in [0.5, 0.6) is 0 Å². The smallest absolute Gasteiger partial charge is 0.333 e. The third kappa shape index (κ3) is 1.97. The Balaban J connectivity index is 1.62. The quantitative estimate of drug-likeness (QED) is 0.661. The Labute approximate surface area is 133 Å². The van der Waals surface area contributed by atoms with E-state index in [0.29, 0.717) is 18.4 Å². The molecule has 3 aliphatic carbocycles. The summed E-state index contributed by atoms with van der Waals surface area (Å²) in [4.78, 5) is 28.4. The number of hydrogen-bond donors (Lipinski definition) is 1. The van der Waals surface area contributed by atoms with Crippen LogP contribution in [0.4, 0.5) is 0 Å². The van der Waals surface area contributed by atoms with Gasteiger partial charge in [0.15, 0.2) is 5.16 Å². The standard InChI is InChI=1S/C15H22N4O2S/c1-22-14-17-13(20)18(15(21)19(14)16)7-9-5-8-6-12(9)11-4-2-3-10(8)11/h8-12H,2-7,16H2,1H3/t8-,9-,10+,11-,12+/m0/s1. The molecule has 3 saturated carbocycles. The summed E-state index contributed by atoms with van der Waals surface area (Å²) in [6.45, 7) is 0.487. The van der Waals surface area contributed by atoms with E-state index in [1.54, 1.807) is 6.26 Å². The van der Waals surface area contributed by atoms with Gasteiger partial charge >= 0.3 is 11.4 Å². The maximum absolute atomic E-state index is 12.3. The second-order valence-electron chi connectivity index (χ2n) is 7.06. The summed E-state index contributed by atoms with van der Waals surface area (Å²) >= 11 is 1.21. The van der Waals surface area contributed by atoms with E-state index in [1.165, 1.54) is 42.0 Å². The topological polar surface area (TPSA) is 82.9 Å². The first-order valence-electron chi connectivity index (χ1n) is 8.13. The number of rotatable bonds is 3. The molecule has 0 amide bonds. The summed E-state index contributed by atoms with van der Waals surface area (Å²) in [5.74, 6) is 9.46. The van der Waals surface area contributed by atoms with Crippen molar-refractivity contribution < 1.29 is 0 Å². The average molecular weight is 322 g/mol. The Kier molecular flexibility index (Phi) is 3.36. The second kappa shape index (κ2) is 5.15. The van der Waals surface area contributed by atoms with E-state index in [1.807, 2.05) is 0 Å². The first-order valence-corrected chi connectivity index (χ1v) is 9.35. The van der Waals surface area contributed by atoms with Crippen LogP contribution in [0.1, 0.15) is 32.1 Å². The zero-order chi connectivity index (χ0) is 15.4. The second-order valence-corrected chi connectivity index (χ2v) is 7.83. The SMILES string of the molecule is CSc1nc(=O)n(C[C@@H]2C[C@H]3C[C@H]2[C@H]2CCC[C@H]32)c(=O)n1N.